The molecule has 16 heavy (non-hydrogen) atoms. The van der Waals surface area contributed by atoms with Crippen LogP contribution >= 0.6 is 0 Å². The van der Waals surface area contributed by atoms with E-state index in [1.54, 1.807) is 0 Å². The number of nitrogens with zero attached hydrogens (tertiary/aromatic N) is 1. The monoisotopic (exact) mass is 226 g/mol. The van der Waals surface area contributed by atoms with Gasteiger partial charge in [-0.3, -0.25) is 0 Å². The molecule has 0 aromatic rings. The van der Waals surface area contributed by atoms with E-state index in [0.29, 0.717) is 0 Å². The van der Waals surface area contributed by atoms with Gasteiger partial charge in [-0.25, -0.2) is 0 Å². The Bertz CT molecular complexity index is 174. The molecule has 2 unspecified atom stereocenters. The lowest BCUT2D eigenvalue weighted by atomic mass is 9.96. The van der Waals surface area contributed by atoms with Crippen LogP contribution in [0.5, 0.6) is 0 Å². The number of hydrogen-bond acceptors (Lipinski definition) is 2. The van der Waals surface area contributed by atoms with E-state index in [1.807, 2.05) is 0 Å². The summed E-state index contributed by atoms with van der Waals surface area (Å²) in [5.74, 6) is 0.876. The highest BCUT2D eigenvalue weighted by atomic mass is 15.2. The van der Waals surface area contributed by atoms with Gasteiger partial charge in [-0.05, 0) is 51.7 Å². The molecule has 2 atom stereocenters. The number of hydrogen-bond donors (Lipinski definition) is 1. The third kappa shape index (κ3) is 4.42. The number of piperidine rings is 1. The molecule has 0 bridgehead atoms. The van der Waals surface area contributed by atoms with Crippen molar-refractivity contribution in [2.24, 2.45) is 5.92 Å². The lowest BCUT2D eigenvalue weighted by molar-refractivity contribution is 0.136. The molecule has 0 aromatic carbocycles. The maximum Gasteiger partial charge on any atom is 0.00912 e. The van der Waals surface area contributed by atoms with E-state index in [1.165, 1.54) is 38.8 Å². The molecule has 0 aromatic heterocycles. The molecule has 0 radical (unpaired) electrons. The van der Waals surface area contributed by atoms with Crippen molar-refractivity contribution in [2.75, 3.05) is 19.6 Å². The molecule has 1 N–H and O–H groups in total. The molecule has 0 spiro atoms. The summed E-state index contributed by atoms with van der Waals surface area (Å²) >= 11 is 0. The summed E-state index contributed by atoms with van der Waals surface area (Å²) in [6.07, 6.45) is 5.35. The van der Waals surface area contributed by atoms with E-state index in [-0.39, 0.29) is 0 Å². The third-order valence-electron chi connectivity index (χ3n) is 4.09. The Labute approximate surface area is 102 Å². The summed E-state index contributed by atoms with van der Waals surface area (Å²) in [5, 5.41) is 3.57. The highest BCUT2D eigenvalue weighted by Gasteiger charge is 2.22. The smallest absolute Gasteiger partial charge is 0.00912 e. The molecule has 1 heterocycles. The van der Waals surface area contributed by atoms with Crippen molar-refractivity contribution in [3.05, 3.63) is 0 Å². The van der Waals surface area contributed by atoms with Gasteiger partial charge in [0.15, 0.2) is 0 Å². The minimum atomic E-state index is 0.775. The second-order valence-electron chi connectivity index (χ2n) is 5.47. The molecule has 0 amide bonds. The van der Waals surface area contributed by atoms with Crippen LogP contribution in [0.4, 0.5) is 0 Å². The van der Waals surface area contributed by atoms with E-state index >= 15 is 0 Å². The van der Waals surface area contributed by atoms with Gasteiger partial charge in [0.05, 0.1) is 0 Å². The van der Waals surface area contributed by atoms with Crippen molar-refractivity contribution in [3.8, 4) is 0 Å². The normalized spacial score (nSPS) is 23.2. The Hall–Kier alpha value is -0.0800. The zero-order valence-electron chi connectivity index (χ0n) is 11.6. The number of rotatable bonds is 6. The second-order valence-corrected chi connectivity index (χ2v) is 5.47. The minimum Gasteiger partial charge on any atom is -0.314 e. The van der Waals surface area contributed by atoms with Crippen molar-refractivity contribution in [2.45, 2.75) is 65.5 Å². The van der Waals surface area contributed by atoms with Gasteiger partial charge in [-0.15, -0.1) is 0 Å². The summed E-state index contributed by atoms with van der Waals surface area (Å²) in [7, 11) is 0. The van der Waals surface area contributed by atoms with Gasteiger partial charge in [0.1, 0.15) is 0 Å². The van der Waals surface area contributed by atoms with Crippen molar-refractivity contribution < 1.29 is 0 Å². The zero-order valence-corrected chi connectivity index (χ0v) is 11.6. The van der Waals surface area contributed by atoms with Crippen LogP contribution < -0.4 is 5.32 Å². The first-order chi connectivity index (χ1) is 7.67. The van der Waals surface area contributed by atoms with Gasteiger partial charge in [0.2, 0.25) is 0 Å². The highest BCUT2D eigenvalue weighted by molar-refractivity contribution is 4.80. The lowest BCUT2D eigenvalue weighted by Crippen LogP contribution is -2.46. The average molecular weight is 226 g/mol. The molecule has 2 heteroatoms. The van der Waals surface area contributed by atoms with E-state index < -0.39 is 0 Å². The number of likely N-dealkylation sites (tertiary alicyclic amines) is 1. The Morgan fingerprint density at radius 3 is 2.31 bits per heavy atom. The fraction of sp³-hybridized carbons (Fsp3) is 1.00. The van der Waals surface area contributed by atoms with Crippen LogP contribution in [0, 0.1) is 5.92 Å². The maximum atomic E-state index is 3.57. The number of nitrogens with one attached hydrogen (secondary N) is 1. The Morgan fingerprint density at radius 1 is 1.19 bits per heavy atom. The third-order valence-corrected chi connectivity index (χ3v) is 4.09. The molecule has 1 aliphatic heterocycles. The topological polar surface area (TPSA) is 15.3 Å². The van der Waals surface area contributed by atoms with Gasteiger partial charge in [0, 0.05) is 12.1 Å². The first-order valence-corrected chi connectivity index (χ1v) is 7.14. The van der Waals surface area contributed by atoms with Gasteiger partial charge < -0.3 is 10.2 Å². The molecule has 0 aliphatic carbocycles. The van der Waals surface area contributed by atoms with Crippen molar-refractivity contribution in [3.63, 3.8) is 0 Å². The van der Waals surface area contributed by atoms with E-state index in [4.69, 9.17) is 0 Å². The quantitative estimate of drug-likeness (QED) is 0.749. The standard InChI is InChI=1S/C14H30N2/c1-5-12(3)11-13(4)16-9-7-14(8-10-16)15-6-2/h12-15H,5-11H2,1-4H3. The molecule has 96 valence electrons. The molecular weight excluding hydrogens is 196 g/mol. The summed E-state index contributed by atoms with van der Waals surface area (Å²) in [5.41, 5.74) is 0. The molecule has 2 nitrogen and oxygen atoms in total. The van der Waals surface area contributed by atoms with Gasteiger partial charge in [-0.1, -0.05) is 27.2 Å². The predicted molar refractivity (Wildman–Crippen MR) is 71.8 cm³/mol. The second kappa shape index (κ2) is 7.29. The molecule has 1 rings (SSSR count). The van der Waals surface area contributed by atoms with E-state index in [9.17, 15) is 0 Å². The van der Waals surface area contributed by atoms with Crippen LogP contribution in [-0.4, -0.2) is 36.6 Å². The fourth-order valence-electron chi connectivity index (χ4n) is 2.73. The van der Waals surface area contributed by atoms with E-state index in [2.05, 4.69) is 37.9 Å². The Kier molecular flexibility index (Phi) is 6.37. The minimum absolute atomic E-state index is 0.775. The van der Waals surface area contributed by atoms with Crippen molar-refractivity contribution in [1.82, 2.24) is 10.2 Å². The maximum absolute atomic E-state index is 3.57. The van der Waals surface area contributed by atoms with Crippen LogP contribution in [0.15, 0.2) is 0 Å². The Morgan fingerprint density at radius 2 is 1.81 bits per heavy atom. The van der Waals surface area contributed by atoms with Crippen LogP contribution in [0.1, 0.15) is 53.4 Å². The zero-order chi connectivity index (χ0) is 12.0. The van der Waals surface area contributed by atoms with Crippen LogP contribution in [-0.2, 0) is 0 Å². The molecule has 1 aliphatic rings. The Balaban J connectivity index is 2.24. The average Bonchev–Trinajstić information content (AvgIpc) is 2.30. The molecule has 1 fully saturated rings. The summed E-state index contributed by atoms with van der Waals surface area (Å²) in [6, 6.07) is 1.55. The molecule has 0 saturated carbocycles. The first-order valence-electron chi connectivity index (χ1n) is 7.14. The molecule has 1 saturated heterocycles. The van der Waals surface area contributed by atoms with Crippen LogP contribution in [0.3, 0.4) is 0 Å². The van der Waals surface area contributed by atoms with Crippen LogP contribution in [0.25, 0.3) is 0 Å². The predicted octanol–water partition coefficient (Wildman–Crippen LogP) is 2.89. The van der Waals surface area contributed by atoms with Gasteiger partial charge >= 0.3 is 0 Å². The van der Waals surface area contributed by atoms with Gasteiger partial charge in [0.25, 0.3) is 0 Å². The summed E-state index contributed by atoms with van der Waals surface area (Å²) in [6.45, 7) is 13.0. The van der Waals surface area contributed by atoms with E-state index in [0.717, 1.165) is 24.5 Å². The van der Waals surface area contributed by atoms with Crippen molar-refractivity contribution >= 4 is 0 Å². The van der Waals surface area contributed by atoms with Crippen LogP contribution in [0.2, 0.25) is 0 Å². The lowest BCUT2D eigenvalue weighted by Gasteiger charge is -2.37. The van der Waals surface area contributed by atoms with Gasteiger partial charge in [-0.2, -0.15) is 0 Å². The summed E-state index contributed by atoms with van der Waals surface area (Å²) < 4.78 is 0. The first kappa shape index (κ1) is 14.0. The fourth-order valence-corrected chi connectivity index (χ4v) is 2.73. The highest BCUT2D eigenvalue weighted by Crippen LogP contribution is 2.19. The SMILES string of the molecule is CCNC1CCN(C(C)CC(C)CC)CC1. The summed E-state index contributed by atoms with van der Waals surface area (Å²) in [4.78, 5) is 2.68. The molecular formula is C14H30N2. The van der Waals surface area contributed by atoms with Crippen molar-refractivity contribution in [1.29, 1.82) is 0 Å². The largest absolute Gasteiger partial charge is 0.314 e.